The zero-order valence-electron chi connectivity index (χ0n) is 8.62. The molecular weight excluding hydrogens is 176 g/mol. The summed E-state index contributed by atoms with van der Waals surface area (Å²) >= 11 is 0. The van der Waals surface area contributed by atoms with Gasteiger partial charge in [-0.1, -0.05) is 6.92 Å². The number of nitrogens with zero attached hydrogens (tertiary/aromatic N) is 2. The number of aromatic nitrogens is 1. The Morgan fingerprint density at radius 1 is 1.64 bits per heavy atom. The third kappa shape index (κ3) is 2.81. The molecule has 0 aromatic carbocycles. The van der Waals surface area contributed by atoms with Crippen LogP contribution in [0.25, 0.3) is 0 Å². The van der Waals surface area contributed by atoms with E-state index in [9.17, 15) is 0 Å². The fourth-order valence-electron chi connectivity index (χ4n) is 1.14. The van der Waals surface area contributed by atoms with Gasteiger partial charge < -0.3 is 5.43 Å². The minimum absolute atomic E-state index is 0.720. The fourth-order valence-corrected chi connectivity index (χ4v) is 1.14. The van der Waals surface area contributed by atoms with Crippen LogP contribution in [0, 0.1) is 6.92 Å². The normalized spacial score (nSPS) is 11.5. The zero-order valence-corrected chi connectivity index (χ0v) is 8.62. The van der Waals surface area contributed by atoms with Crippen molar-refractivity contribution in [2.24, 2.45) is 10.8 Å². The summed E-state index contributed by atoms with van der Waals surface area (Å²) in [5.74, 6) is 6.11. The first-order valence-electron chi connectivity index (χ1n) is 4.72. The SMILES string of the molecule is CCCN=C(NN)c1ccnc(C)c1. The van der Waals surface area contributed by atoms with E-state index in [1.54, 1.807) is 6.20 Å². The van der Waals surface area contributed by atoms with Gasteiger partial charge >= 0.3 is 0 Å². The van der Waals surface area contributed by atoms with Gasteiger partial charge in [0, 0.05) is 24.0 Å². The van der Waals surface area contributed by atoms with E-state index < -0.39 is 0 Å². The predicted molar refractivity (Wildman–Crippen MR) is 58.0 cm³/mol. The average molecular weight is 192 g/mol. The molecule has 3 N–H and O–H groups in total. The van der Waals surface area contributed by atoms with E-state index >= 15 is 0 Å². The Kier molecular flexibility index (Phi) is 4.07. The first kappa shape index (κ1) is 10.7. The molecule has 1 aromatic heterocycles. The zero-order chi connectivity index (χ0) is 10.4. The van der Waals surface area contributed by atoms with Crippen molar-refractivity contribution in [3.05, 3.63) is 29.6 Å². The second-order valence-corrected chi connectivity index (χ2v) is 3.06. The van der Waals surface area contributed by atoms with Crippen LogP contribution in [0.15, 0.2) is 23.3 Å². The third-order valence-electron chi connectivity index (χ3n) is 1.80. The molecule has 1 heterocycles. The largest absolute Gasteiger partial charge is 0.308 e. The van der Waals surface area contributed by atoms with Crippen molar-refractivity contribution in [1.29, 1.82) is 0 Å². The summed E-state index contributed by atoms with van der Waals surface area (Å²) in [4.78, 5) is 8.44. The standard InChI is InChI=1S/C10H16N4/c1-3-5-13-10(14-11)9-4-6-12-8(2)7-9/h4,6-7H,3,5,11H2,1-2H3,(H,13,14). The molecule has 76 valence electrons. The van der Waals surface area contributed by atoms with Crippen LogP contribution in [0.5, 0.6) is 0 Å². The van der Waals surface area contributed by atoms with Crippen LogP contribution in [0.3, 0.4) is 0 Å². The molecule has 0 bridgehead atoms. The Labute approximate surface area is 84.2 Å². The number of nitrogens with two attached hydrogens (primary N) is 1. The number of nitrogens with one attached hydrogen (secondary N) is 1. The molecule has 0 fully saturated rings. The van der Waals surface area contributed by atoms with E-state index in [4.69, 9.17) is 5.84 Å². The molecule has 0 amide bonds. The summed E-state index contributed by atoms with van der Waals surface area (Å²) in [6, 6.07) is 3.84. The summed E-state index contributed by atoms with van der Waals surface area (Å²) in [6.45, 7) is 4.80. The summed E-state index contributed by atoms with van der Waals surface area (Å²) < 4.78 is 0. The molecule has 4 heteroatoms. The molecule has 1 rings (SSSR count). The Bertz CT molecular complexity index is 320. The second kappa shape index (κ2) is 5.34. The number of hydrazine groups is 1. The molecule has 0 aliphatic heterocycles. The molecule has 14 heavy (non-hydrogen) atoms. The maximum absolute atomic E-state index is 5.39. The minimum Gasteiger partial charge on any atom is -0.308 e. The molecule has 4 nitrogen and oxygen atoms in total. The average Bonchev–Trinajstić information content (AvgIpc) is 2.19. The van der Waals surface area contributed by atoms with E-state index in [2.05, 4.69) is 22.3 Å². The highest BCUT2D eigenvalue weighted by Gasteiger charge is 2.00. The quantitative estimate of drug-likeness (QED) is 0.325. The van der Waals surface area contributed by atoms with Crippen LogP contribution < -0.4 is 11.3 Å². The topological polar surface area (TPSA) is 63.3 Å². The third-order valence-corrected chi connectivity index (χ3v) is 1.80. The van der Waals surface area contributed by atoms with E-state index in [1.807, 2.05) is 19.1 Å². The summed E-state index contributed by atoms with van der Waals surface area (Å²) in [6.07, 6.45) is 2.76. The summed E-state index contributed by atoms with van der Waals surface area (Å²) in [5, 5.41) is 0. The van der Waals surface area contributed by atoms with Crippen LogP contribution in [0.1, 0.15) is 24.6 Å². The highest BCUT2D eigenvalue weighted by molar-refractivity contribution is 5.98. The molecule has 0 unspecified atom stereocenters. The van der Waals surface area contributed by atoms with Crippen molar-refractivity contribution in [2.75, 3.05) is 6.54 Å². The number of rotatable bonds is 3. The summed E-state index contributed by atoms with van der Waals surface area (Å²) in [5.41, 5.74) is 4.54. The molecule has 1 aromatic rings. The van der Waals surface area contributed by atoms with Crippen LogP contribution in [0.2, 0.25) is 0 Å². The highest BCUT2D eigenvalue weighted by Crippen LogP contribution is 2.01. The van der Waals surface area contributed by atoms with Crippen LogP contribution in [-0.4, -0.2) is 17.4 Å². The molecule has 0 aliphatic rings. The molecule has 0 spiro atoms. The Hall–Kier alpha value is -1.42. The number of pyridine rings is 1. The first-order valence-corrected chi connectivity index (χ1v) is 4.72. The maximum Gasteiger partial charge on any atom is 0.142 e. The lowest BCUT2D eigenvalue weighted by atomic mass is 10.2. The van der Waals surface area contributed by atoms with E-state index in [1.165, 1.54) is 0 Å². The van der Waals surface area contributed by atoms with Gasteiger partial charge in [-0.2, -0.15) is 0 Å². The van der Waals surface area contributed by atoms with Crippen molar-refractivity contribution < 1.29 is 0 Å². The van der Waals surface area contributed by atoms with Crippen molar-refractivity contribution in [3.8, 4) is 0 Å². The fraction of sp³-hybridized carbons (Fsp3) is 0.400. The van der Waals surface area contributed by atoms with Gasteiger partial charge in [-0.15, -0.1) is 0 Å². The van der Waals surface area contributed by atoms with Gasteiger partial charge in [0.05, 0.1) is 0 Å². The lowest BCUT2D eigenvalue weighted by molar-refractivity contribution is 0.907. The number of amidine groups is 1. The molecule has 0 radical (unpaired) electrons. The van der Waals surface area contributed by atoms with Gasteiger partial charge in [0.15, 0.2) is 0 Å². The van der Waals surface area contributed by atoms with E-state index in [0.717, 1.165) is 30.1 Å². The maximum atomic E-state index is 5.39. The lowest BCUT2D eigenvalue weighted by Gasteiger charge is -2.05. The number of aliphatic imine (C=N–C) groups is 1. The van der Waals surface area contributed by atoms with Gasteiger partial charge in [0.1, 0.15) is 5.84 Å². The van der Waals surface area contributed by atoms with Crippen molar-refractivity contribution in [1.82, 2.24) is 10.4 Å². The van der Waals surface area contributed by atoms with E-state index in [0.29, 0.717) is 0 Å². The number of aryl methyl sites for hydroxylation is 1. The Balaban J connectivity index is 2.89. The molecule has 0 atom stereocenters. The van der Waals surface area contributed by atoms with Crippen molar-refractivity contribution in [2.45, 2.75) is 20.3 Å². The van der Waals surface area contributed by atoms with Gasteiger partial charge in [0.2, 0.25) is 0 Å². The Morgan fingerprint density at radius 2 is 2.43 bits per heavy atom. The monoisotopic (exact) mass is 192 g/mol. The number of hydrogen-bond acceptors (Lipinski definition) is 3. The van der Waals surface area contributed by atoms with E-state index in [-0.39, 0.29) is 0 Å². The van der Waals surface area contributed by atoms with Crippen LogP contribution in [-0.2, 0) is 0 Å². The van der Waals surface area contributed by atoms with Gasteiger partial charge in [-0.05, 0) is 25.5 Å². The Morgan fingerprint density at radius 3 is 3.00 bits per heavy atom. The molecular formula is C10H16N4. The smallest absolute Gasteiger partial charge is 0.142 e. The van der Waals surface area contributed by atoms with Gasteiger partial charge in [-0.3, -0.25) is 9.98 Å². The van der Waals surface area contributed by atoms with Gasteiger partial charge in [0.25, 0.3) is 0 Å². The summed E-state index contributed by atoms with van der Waals surface area (Å²) in [7, 11) is 0. The van der Waals surface area contributed by atoms with Crippen LogP contribution in [0.4, 0.5) is 0 Å². The van der Waals surface area contributed by atoms with Crippen LogP contribution >= 0.6 is 0 Å². The lowest BCUT2D eigenvalue weighted by Crippen LogP contribution is -2.31. The van der Waals surface area contributed by atoms with Crippen molar-refractivity contribution >= 4 is 5.84 Å². The molecule has 0 saturated heterocycles. The first-order chi connectivity index (χ1) is 6.77. The molecule has 0 aliphatic carbocycles. The molecule has 0 saturated carbocycles. The van der Waals surface area contributed by atoms with Gasteiger partial charge in [-0.25, -0.2) is 5.84 Å². The number of hydrogen-bond donors (Lipinski definition) is 2. The highest BCUT2D eigenvalue weighted by atomic mass is 15.2. The predicted octanol–water partition coefficient (Wildman–Crippen LogP) is 1.01. The van der Waals surface area contributed by atoms with Crippen molar-refractivity contribution in [3.63, 3.8) is 0 Å². The second-order valence-electron chi connectivity index (χ2n) is 3.06. The minimum atomic E-state index is 0.720.